The van der Waals surface area contributed by atoms with E-state index in [0.29, 0.717) is 32.2 Å². The zero-order valence-corrected chi connectivity index (χ0v) is 28.3. The van der Waals surface area contributed by atoms with E-state index in [4.69, 9.17) is 15.6 Å². The minimum absolute atomic E-state index is 0.0745. The first-order chi connectivity index (χ1) is 23.5. The maximum Gasteiger partial charge on any atom is 0.490 e. The molecule has 2 rings (SSSR count). The third-order valence-corrected chi connectivity index (χ3v) is 8.40. The number of amides is 4. The standard InChI is InChI=1S/C31H49N5O7.C2HF3O2/c1-3-20(2)26(28(38)33-25(30(41)42)19-22-14-8-5-9-15-22)36-27(37)24(18-21-12-6-4-7-13-21)35-31(43)34-23(29(39)40)16-10-11-17-32;3-2(4,5)1(6)7/h5,8-9,14-15,20-21,23-26H,3-4,6-7,10-13,16-19,32H2,1-2H3,(H,33,38)(H,36,37)(H,39,40)(H,41,42)(H2,34,35,43);(H,6,7)/t20-,23+,24-,25+,26+;/m1./s1. The van der Waals surface area contributed by atoms with Crippen molar-refractivity contribution in [2.24, 2.45) is 17.6 Å². The molecule has 5 atom stereocenters. The van der Waals surface area contributed by atoms with E-state index >= 15 is 0 Å². The predicted octanol–water partition coefficient (Wildman–Crippen LogP) is 3.18. The molecule has 1 aliphatic rings. The molecule has 0 aromatic heterocycles. The van der Waals surface area contributed by atoms with Gasteiger partial charge in [0.15, 0.2) is 0 Å². The largest absolute Gasteiger partial charge is 0.490 e. The number of hydrogen-bond donors (Lipinski definition) is 8. The highest BCUT2D eigenvalue weighted by Gasteiger charge is 2.38. The summed E-state index contributed by atoms with van der Waals surface area (Å²) in [6.07, 6.45) is 2.14. The molecule has 1 aromatic rings. The number of urea groups is 1. The van der Waals surface area contributed by atoms with Crippen LogP contribution in [-0.2, 0) is 30.4 Å². The topological polar surface area (TPSA) is 237 Å². The van der Waals surface area contributed by atoms with Gasteiger partial charge < -0.3 is 42.3 Å². The van der Waals surface area contributed by atoms with Crippen molar-refractivity contribution in [1.29, 1.82) is 0 Å². The summed E-state index contributed by atoms with van der Waals surface area (Å²) in [5, 5.41) is 36.9. The Morgan fingerprint density at radius 1 is 0.820 bits per heavy atom. The number of halogens is 3. The molecule has 1 aliphatic carbocycles. The minimum atomic E-state index is -5.08. The molecule has 0 unspecified atom stereocenters. The highest BCUT2D eigenvalue weighted by atomic mass is 19.4. The zero-order valence-electron chi connectivity index (χ0n) is 28.3. The molecule has 14 nitrogen and oxygen atoms in total. The van der Waals surface area contributed by atoms with Gasteiger partial charge in [0.1, 0.15) is 24.2 Å². The fourth-order valence-electron chi connectivity index (χ4n) is 5.36. The maximum absolute atomic E-state index is 13.6. The summed E-state index contributed by atoms with van der Waals surface area (Å²) in [5.74, 6) is -6.49. The number of rotatable bonds is 18. The first kappa shape index (κ1) is 43.6. The number of unbranched alkanes of at least 4 members (excludes halogenated alkanes) is 1. The Hall–Kier alpha value is -4.41. The van der Waals surface area contributed by atoms with Crippen molar-refractivity contribution in [3.63, 3.8) is 0 Å². The third-order valence-electron chi connectivity index (χ3n) is 8.40. The lowest BCUT2D eigenvalue weighted by Gasteiger charge is -2.30. The Bertz CT molecular complexity index is 1250. The molecule has 4 amide bonds. The number of benzene rings is 1. The maximum atomic E-state index is 13.6. The van der Waals surface area contributed by atoms with Gasteiger partial charge in [-0.2, -0.15) is 13.2 Å². The van der Waals surface area contributed by atoms with Crippen molar-refractivity contribution in [2.75, 3.05) is 6.54 Å². The van der Waals surface area contributed by atoms with Gasteiger partial charge in [0, 0.05) is 6.42 Å². The Morgan fingerprint density at radius 3 is 1.88 bits per heavy atom. The van der Waals surface area contributed by atoms with Crippen molar-refractivity contribution in [3.05, 3.63) is 35.9 Å². The van der Waals surface area contributed by atoms with Crippen molar-refractivity contribution < 1.29 is 57.3 Å². The molecule has 0 spiro atoms. The van der Waals surface area contributed by atoms with E-state index in [1.165, 1.54) is 0 Å². The molecule has 0 bridgehead atoms. The summed E-state index contributed by atoms with van der Waals surface area (Å²) in [6, 6.07) is 3.75. The van der Waals surface area contributed by atoms with Crippen LogP contribution < -0.4 is 27.0 Å². The van der Waals surface area contributed by atoms with Crippen molar-refractivity contribution >= 4 is 35.8 Å². The Labute approximate surface area is 289 Å². The molecule has 50 heavy (non-hydrogen) atoms. The molecule has 282 valence electrons. The van der Waals surface area contributed by atoms with Crippen molar-refractivity contribution in [1.82, 2.24) is 21.3 Å². The monoisotopic (exact) mass is 717 g/mol. The van der Waals surface area contributed by atoms with Gasteiger partial charge in [-0.1, -0.05) is 82.7 Å². The molecular weight excluding hydrogens is 667 g/mol. The van der Waals surface area contributed by atoms with Gasteiger partial charge in [0.2, 0.25) is 11.8 Å². The molecule has 9 N–H and O–H groups in total. The van der Waals surface area contributed by atoms with Crippen molar-refractivity contribution in [3.8, 4) is 0 Å². The van der Waals surface area contributed by atoms with Crippen LogP contribution in [0.1, 0.15) is 83.6 Å². The highest BCUT2D eigenvalue weighted by Crippen LogP contribution is 2.27. The van der Waals surface area contributed by atoms with Gasteiger partial charge in [-0.15, -0.1) is 0 Å². The van der Waals surface area contributed by atoms with Crippen LogP contribution in [0.5, 0.6) is 0 Å². The van der Waals surface area contributed by atoms with Crippen LogP contribution in [0.2, 0.25) is 0 Å². The first-order valence-electron chi connectivity index (χ1n) is 16.7. The smallest absolute Gasteiger partial charge is 0.480 e. The molecule has 1 aromatic carbocycles. The minimum Gasteiger partial charge on any atom is -0.480 e. The second-order valence-corrected chi connectivity index (χ2v) is 12.3. The van der Waals surface area contributed by atoms with Gasteiger partial charge in [-0.25, -0.2) is 19.2 Å². The van der Waals surface area contributed by atoms with Gasteiger partial charge in [-0.3, -0.25) is 9.59 Å². The summed E-state index contributed by atoms with van der Waals surface area (Å²) in [5.41, 5.74) is 6.24. The molecule has 1 fully saturated rings. The van der Waals surface area contributed by atoms with Crippen LogP contribution in [0.4, 0.5) is 18.0 Å². The second-order valence-electron chi connectivity index (χ2n) is 12.3. The zero-order chi connectivity index (χ0) is 37.9. The average molecular weight is 718 g/mol. The second kappa shape index (κ2) is 22.3. The number of carboxylic acid groups (broad SMARTS) is 3. The lowest BCUT2D eigenvalue weighted by atomic mass is 9.84. The van der Waals surface area contributed by atoms with E-state index in [1.807, 2.05) is 13.0 Å². The molecule has 0 aliphatic heterocycles. The lowest BCUT2D eigenvalue weighted by molar-refractivity contribution is -0.192. The Balaban J connectivity index is 0.00000161. The van der Waals surface area contributed by atoms with E-state index in [0.717, 1.165) is 37.7 Å². The van der Waals surface area contributed by atoms with E-state index < -0.39 is 66.1 Å². The third kappa shape index (κ3) is 16.8. The van der Waals surface area contributed by atoms with E-state index in [-0.39, 0.29) is 24.7 Å². The van der Waals surface area contributed by atoms with E-state index in [2.05, 4.69) is 21.3 Å². The van der Waals surface area contributed by atoms with Gasteiger partial charge >= 0.3 is 30.1 Å². The highest BCUT2D eigenvalue weighted by molar-refractivity contribution is 5.94. The molecule has 0 radical (unpaired) electrons. The van der Waals surface area contributed by atoms with Crippen LogP contribution >= 0.6 is 0 Å². The van der Waals surface area contributed by atoms with Gasteiger partial charge in [-0.05, 0) is 49.6 Å². The summed E-state index contributed by atoms with van der Waals surface area (Å²) in [7, 11) is 0. The number of hydrogen-bond acceptors (Lipinski definition) is 7. The van der Waals surface area contributed by atoms with Gasteiger partial charge in [0.25, 0.3) is 0 Å². The lowest BCUT2D eigenvalue weighted by Crippen LogP contribution is -2.59. The molecule has 0 heterocycles. The normalized spacial score (nSPS) is 16.2. The van der Waals surface area contributed by atoms with Gasteiger partial charge in [0.05, 0.1) is 0 Å². The molecule has 0 saturated heterocycles. The quantitative estimate of drug-likeness (QED) is 0.103. The number of nitrogens with one attached hydrogen (secondary N) is 4. The summed E-state index contributed by atoms with van der Waals surface area (Å²) in [4.78, 5) is 72.6. The van der Waals surface area contributed by atoms with Crippen LogP contribution in [-0.4, -0.2) is 88.0 Å². The Kier molecular flexibility index (Phi) is 19.5. The SMILES string of the molecule is CC[C@@H](C)[C@H](NC(=O)[C@@H](CC1CCCCC1)NC(=O)N[C@@H](CCCCN)C(=O)O)C(=O)N[C@@H](Cc1ccccc1)C(=O)O.O=C(O)C(F)(F)F. The summed E-state index contributed by atoms with van der Waals surface area (Å²) < 4.78 is 31.7. The van der Waals surface area contributed by atoms with E-state index in [9.17, 15) is 47.4 Å². The molecule has 1 saturated carbocycles. The number of carbonyl (C=O) groups excluding carboxylic acids is 3. The van der Waals surface area contributed by atoms with E-state index in [1.54, 1.807) is 31.2 Å². The number of nitrogens with two attached hydrogens (primary N) is 1. The number of alkyl halides is 3. The summed E-state index contributed by atoms with van der Waals surface area (Å²) in [6.45, 7) is 4.05. The Morgan fingerprint density at radius 2 is 1.38 bits per heavy atom. The number of aliphatic carboxylic acids is 3. The summed E-state index contributed by atoms with van der Waals surface area (Å²) >= 11 is 0. The number of carboxylic acids is 3. The van der Waals surface area contributed by atoms with Crippen LogP contribution in [0.25, 0.3) is 0 Å². The first-order valence-corrected chi connectivity index (χ1v) is 16.7. The van der Waals surface area contributed by atoms with Crippen LogP contribution in [0.3, 0.4) is 0 Å². The molecular formula is C33H50F3N5O9. The van der Waals surface area contributed by atoms with Crippen LogP contribution in [0.15, 0.2) is 30.3 Å². The average Bonchev–Trinajstić information content (AvgIpc) is 3.06. The molecule has 17 heteroatoms. The van der Waals surface area contributed by atoms with Crippen LogP contribution in [0, 0.1) is 11.8 Å². The fourth-order valence-corrected chi connectivity index (χ4v) is 5.36. The number of carbonyl (C=O) groups is 6. The fraction of sp³-hybridized carbons (Fsp3) is 0.636. The predicted molar refractivity (Wildman–Crippen MR) is 176 cm³/mol. The van der Waals surface area contributed by atoms with Crippen molar-refractivity contribution in [2.45, 2.75) is 115 Å².